The van der Waals surface area contributed by atoms with Crippen LogP contribution in [-0.4, -0.2) is 45.9 Å². The number of aromatic nitrogens is 1. The van der Waals surface area contributed by atoms with Gasteiger partial charge in [-0.15, -0.1) is 0 Å². The molecule has 5 nitrogen and oxygen atoms in total. The van der Waals surface area contributed by atoms with E-state index in [1.165, 1.54) is 38.9 Å². The molecule has 6 aromatic rings. The number of allylic oxidation sites excluding steroid dienone is 2. The van der Waals surface area contributed by atoms with Crippen molar-refractivity contribution >= 4 is 41.9 Å². The molecule has 1 fully saturated rings. The number of aryl methyl sites for hydroxylation is 6. The summed E-state index contributed by atoms with van der Waals surface area (Å²) in [6.07, 6.45) is 9.26. The third-order valence-electron chi connectivity index (χ3n) is 12.4. The predicted octanol–water partition coefficient (Wildman–Crippen LogP) is 11.2. The smallest absolute Gasteiger partial charge is 0.354 e. The maximum Gasteiger partial charge on any atom is 0.587 e. The van der Waals surface area contributed by atoms with Gasteiger partial charge in [0.1, 0.15) is 0 Å². The fourth-order valence-electron chi connectivity index (χ4n) is 10.0. The summed E-state index contributed by atoms with van der Waals surface area (Å²) in [6.45, 7) is 12.9. The Balaban J connectivity index is 1.16. The van der Waals surface area contributed by atoms with Crippen molar-refractivity contribution in [1.29, 1.82) is 0 Å². The molecule has 2 amide bonds. The molecular formula is C51H47BN3O2+. The van der Waals surface area contributed by atoms with Gasteiger partial charge in [0, 0.05) is 51.5 Å². The fraction of sp³-hybridized carbons (Fsp3) is 0.235. The van der Waals surface area contributed by atoms with Crippen LogP contribution in [0.25, 0.3) is 38.7 Å². The van der Waals surface area contributed by atoms with E-state index in [2.05, 4.69) is 119 Å². The van der Waals surface area contributed by atoms with Crippen LogP contribution in [0, 0.1) is 41.5 Å². The summed E-state index contributed by atoms with van der Waals surface area (Å²) in [5, 5.41) is 1.67. The Hall–Kier alpha value is -6.01. The van der Waals surface area contributed by atoms with E-state index in [0.717, 1.165) is 93.5 Å². The number of aromatic amines is 1. The van der Waals surface area contributed by atoms with Crippen LogP contribution in [0.2, 0.25) is 0 Å². The number of nitrogens with one attached hydrogen (secondary N) is 1. The van der Waals surface area contributed by atoms with Gasteiger partial charge in [0.15, 0.2) is 11.4 Å². The molecule has 0 atom stereocenters. The Morgan fingerprint density at radius 3 is 1.91 bits per heavy atom. The lowest BCUT2D eigenvalue weighted by Crippen LogP contribution is -2.47. The maximum atomic E-state index is 14.0. The molecule has 3 aliphatic rings. The van der Waals surface area contributed by atoms with Gasteiger partial charge < -0.3 is 4.98 Å². The van der Waals surface area contributed by atoms with Gasteiger partial charge in [0.25, 0.3) is 11.8 Å². The molecule has 0 bridgehead atoms. The van der Waals surface area contributed by atoms with Crippen molar-refractivity contribution in [2.45, 2.75) is 79.7 Å². The summed E-state index contributed by atoms with van der Waals surface area (Å²) in [6, 6.07) is 31.6. The molecule has 1 saturated carbocycles. The lowest BCUT2D eigenvalue weighted by Gasteiger charge is -2.36. The number of hydrogen-bond acceptors (Lipinski definition) is 2. The standard InChI is InChI=1S/C51H47BN3O2/c1-29-25-31(3)46(32(4)26-29)42-21-22-43(53-42)48(45-24-23-44(55(45)52)47-33(5)27-30(2)28-34(47)6)36-17-15-35(16-18-36)38-19-20-41-49-39(38)13-10-14-40(49)50(56)54(51(41)57)37-11-8-7-9-12-37/h10,13-28,37,53H,7-9,11-12H2,1-6H3/q+1. The predicted molar refractivity (Wildman–Crippen MR) is 233 cm³/mol. The highest BCUT2D eigenvalue weighted by molar-refractivity contribution is 6.27. The van der Waals surface area contributed by atoms with Gasteiger partial charge in [-0.3, -0.25) is 19.0 Å². The first-order valence-electron chi connectivity index (χ1n) is 20.2. The minimum atomic E-state index is -0.168. The first kappa shape index (κ1) is 36.6. The quantitative estimate of drug-likeness (QED) is 0.136. The summed E-state index contributed by atoms with van der Waals surface area (Å²) in [5.74, 6) is -0.337. The SMILES string of the molecule is [B][N+]1=C(c2c(C)cc(C)cc2C)C=C/C1=C(\c1ccc(-c2ccc3c4c(cccc24)C(=O)N(C2CCCCC2)C3=O)cc1)c1ccc(-c2c(C)cc(C)cc2C)[nH]1. The number of rotatable bonds is 6. The van der Waals surface area contributed by atoms with Crippen molar-refractivity contribution in [1.82, 2.24) is 9.88 Å². The monoisotopic (exact) mass is 744 g/mol. The van der Waals surface area contributed by atoms with Crippen molar-refractivity contribution in [3.63, 3.8) is 0 Å². The molecule has 1 aliphatic carbocycles. The van der Waals surface area contributed by atoms with Crippen LogP contribution in [-0.2, 0) is 0 Å². The normalized spacial score (nSPS) is 16.7. The largest absolute Gasteiger partial charge is 0.587 e. The zero-order chi connectivity index (χ0) is 39.7. The summed E-state index contributed by atoms with van der Waals surface area (Å²) in [4.78, 5) is 33.2. The van der Waals surface area contributed by atoms with Crippen LogP contribution in [0.1, 0.15) is 103 Å². The Bertz CT molecular complexity index is 2710. The molecule has 0 spiro atoms. The second kappa shape index (κ2) is 14.2. The molecule has 2 radical (unpaired) electrons. The van der Waals surface area contributed by atoms with Gasteiger partial charge in [0.05, 0.1) is 11.3 Å². The lowest BCUT2D eigenvalue weighted by atomic mass is 9.86. The Morgan fingerprint density at radius 1 is 0.667 bits per heavy atom. The highest BCUT2D eigenvalue weighted by Gasteiger charge is 2.38. The Labute approximate surface area is 336 Å². The van der Waals surface area contributed by atoms with E-state index in [-0.39, 0.29) is 17.9 Å². The zero-order valence-corrected chi connectivity index (χ0v) is 33.7. The molecule has 5 aromatic carbocycles. The minimum absolute atomic E-state index is 0.0313. The topological polar surface area (TPSA) is 56.2 Å². The Morgan fingerprint density at radius 2 is 1.26 bits per heavy atom. The van der Waals surface area contributed by atoms with Crippen molar-refractivity contribution in [3.8, 4) is 22.4 Å². The number of amides is 2. The summed E-state index contributed by atoms with van der Waals surface area (Å²) < 4.78 is 1.83. The van der Waals surface area contributed by atoms with Gasteiger partial charge in [-0.1, -0.05) is 97.1 Å². The number of benzene rings is 5. The highest BCUT2D eigenvalue weighted by atomic mass is 16.2. The molecule has 1 N–H and O–H groups in total. The summed E-state index contributed by atoms with van der Waals surface area (Å²) >= 11 is 0. The first-order chi connectivity index (χ1) is 27.5. The van der Waals surface area contributed by atoms with Gasteiger partial charge >= 0.3 is 7.98 Å². The molecule has 2 aliphatic heterocycles. The van der Waals surface area contributed by atoms with E-state index in [4.69, 9.17) is 7.98 Å². The number of hydrogen-bond donors (Lipinski definition) is 1. The van der Waals surface area contributed by atoms with Gasteiger partial charge in [-0.2, -0.15) is 0 Å². The second-order valence-corrected chi connectivity index (χ2v) is 16.4. The van der Waals surface area contributed by atoms with E-state index in [1.54, 1.807) is 4.90 Å². The number of carbonyl (C=O) groups is 2. The maximum absolute atomic E-state index is 14.0. The highest BCUT2D eigenvalue weighted by Crippen LogP contribution is 2.40. The molecule has 57 heavy (non-hydrogen) atoms. The second-order valence-electron chi connectivity index (χ2n) is 16.4. The third kappa shape index (κ3) is 6.14. The number of H-pyrrole nitrogens is 1. The lowest BCUT2D eigenvalue weighted by molar-refractivity contribution is -0.298. The minimum Gasteiger partial charge on any atom is -0.354 e. The van der Waals surface area contributed by atoms with Gasteiger partial charge in [-0.25, -0.2) is 0 Å². The van der Waals surface area contributed by atoms with Crippen molar-refractivity contribution in [2.24, 2.45) is 0 Å². The summed E-state index contributed by atoms with van der Waals surface area (Å²) in [7, 11) is 7.10. The van der Waals surface area contributed by atoms with Crippen LogP contribution in [0.4, 0.5) is 0 Å². The zero-order valence-electron chi connectivity index (χ0n) is 33.7. The Kier molecular flexibility index (Phi) is 9.11. The van der Waals surface area contributed by atoms with E-state index < -0.39 is 0 Å². The summed E-state index contributed by atoms with van der Waals surface area (Å²) in [5.41, 5.74) is 18.7. The van der Waals surface area contributed by atoms with Crippen LogP contribution < -0.4 is 0 Å². The average molecular weight is 745 g/mol. The van der Waals surface area contributed by atoms with E-state index in [0.29, 0.717) is 11.1 Å². The molecule has 280 valence electrons. The molecule has 0 saturated heterocycles. The van der Waals surface area contributed by atoms with Crippen molar-refractivity contribution in [3.05, 3.63) is 170 Å². The van der Waals surface area contributed by atoms with Crippen LogP contribution in [0.15, 0.2) is 109 Å². The van der Waals surface area contributed by atoms with Crippen LogP contribution >= 0.6 is 0 Å². The van der Waals surface area contributed by atoms with Crippen molar-refractivity contribution < 1.29 is 14.1 Å². The van der Waals surface area contributed by atoms with E-state index in [1.807, 2.05) is 34.8 Å². The molecular weight excluding hydrogens is 697 g/mol. The van der Waals surface area contributed by atoms with Crippen LogP contribution in [0.3, 0.4) is 0 Å². The third-order valence-corrected chi connectivity index (χ3v) is 12.4. The van der Waals surface area contributed by atoms with E-state index >= 15 is 0 Å². The molecule has 6 heteroatoms. The van der Waals surface area contributed by atoms with E-state index in [9.17, 15) is 9.59 Å². The van der Waals surface area contributed by atoms with Crippen LogP contribution in [0.5, 0.6) is 0 Å². The molecule has 3 heterocycles. The number of imide groups is 1. The first-order valence-corrected chi connectivity index (χ1v) is 20.2. The van der Waals surface area contributed by atoms with Gasteiger partial charge in [-0.05, 0) is 123 Å². The van der Waals surface area contributed by atoms with Crippen molar-refractivity contribution in [2.75, 3.05) is 0 Å². The molecule has 9 rings (SSSR count). The number of carbonyl (C=O) groups excluding carboxylic acids is 2. The van der Waals surface area contributed by atoms with Gasteiger partial charge in [0.2, 0.25) is 0 Å². The molecule has 1 aromatic heterocycles. The average Bonchev–Trinajstić information content (AvgIpc) is 3.81. The molecule has 0 unspecified atom stereocenters. The fourth-order valence-corrected chi connectivity index (χ4v) is 10.0. The number of nitrogens with zero attached hydrogens (tertiary/aromatic N) is 2.